The number of nitrogens with zero attached hydrogens (tertiary/aromatic N) is 1. The maximum Gasteiger partial charge on any atom is 0.252 e. The standard InChI is InChI=1S/C14H22N2O2/c1-6-11(12-10(2)8-7-9-15-12)16-13(17)14(3,4)18-5/h7-9,11H,6H2,1-5H3,(H,16,17)/t11-/m1/s1. The molecule has 1 rings (SSSR count). The zero-order valence-corrected chi connectivity index (χ0v) is 11.8. The summed E-state index contributed by atoms with van der Waals surface area (Å²) < 4.78 is 5.18. The quantitative estimate of drug-likeness (QED) is 0.873. The van der Waals surface area contributed by atoms with Crippen LogP contribution in [0.5, 0.6) is 0 Å². The molecule has 1 N–H and O–H groups in total. The molecule has 1 aromatic heterocycles. The fourth-order valence-corrected chi connectivity index (χ4v) is 1.65. The molecule has 1 heterocycles. The zero-order chi connectivity index (χ0) is 13.8. The third-order valence-corrected chi connectivity index (χ3v) is 3.15. The minimum Gasteiger partial charge on any atom is -0.369 e. The fourth-order valence-electron chi connectivity index (χ4n) is 1.65. The lowest BCUT2D eigenvalue weighted by molar-refractivity contribution is -0.140. The van der Waals surface area contributed by atoms with Gasteiger partial charge in [-0.25, -0.2) is 0 Å². The van der Waals surface area contributed by atoms with Crippen LogP contribution in [0.1, 0.15) is 44.5 Å². The normalized spacial score (nSPS) is 13.2. The summed E-state index contributed by atoms with van der Waals surface area (Å²) in [4.78, 5) is 16.4. The monoisotopic (exact) mass is 250 g/mol. The van der Waals surface area contributed by atoms with Crippen LogP contribution in [0.4, 0.5) is 0 Å². The number of pyridine rings is 1. The average molecular weight is 250 g/mol. The first kappa shape index (κ1) is 14.6. The van der Waals surface area contributed by atoms with Gasteiger partial charge in [-0.3, -0.25) is 9.78 Å². The molecule has 0 saturated heterocycles. The van der Waals surface area contributed by atoms with Crippen molar-refractivity contribution in [3.63, 3.8) is 0 Å². The van der Waals surface area contributed by atoms with E-state index < -0.39 is 5.60 Å². The van der Waals surface area contributed by atoms with Crippen LogP contribution >= 0.6 is 0 Å². The Bertz CT molecular complexity index is 416. The van der Waals surface area contributed by atoms with E-state index in [0.29, 0.717) is 0 Å². The first-order valence-electron chi connectivity index (χ1n) is 6.20. The van der Waals surface area contributed by atoms with Gasteiger partial charge in [0.15, 0.2) is 0 Å². The van der Waals surface area contributed by atoms with E-state index in [2.05, 4.69) is 10.3 Å². The molecule has 0 radical (unpaired) electrons. The number of ether oxygens (including phenoxy) is 1. The number of methoxy groups -OCH3 is 1. The van der Waals surface area contributed by atoms with Gasteiger partial charge in [-0.2, -0.15) is 0 Å². The van der Waals surface area contributed by atoms with Crippen molar-refractivity contribution in [2.75, 3.05) is 7.11 Å². The van der Waals surface area contributed by atoms with Gasteiger partial charge in [-0.05, 0) is 38.8 Å². The molecular weight excluding hydrogens is 228 g/mol. The molecule has 0 unspecified atom stereocenters. The molecule has 4 nitrogen and oxygen atoms in total. The molecule has 0 aromatic carbocycles. The molecule has 0 aliphatic heterocycles. The highest BCUT2D eigenvalue weighted by atomic mass is 16.5. The molecule has 4 heteroatoms. The lowest BCUT2D eigenvalue weighted by Crippen LogP contribution is -2.45. The molecule has 100 valence electrons. The van der Waals surface area contributed by atoms with Crippen molar-refractivity contribution in [2.45, 2.75) is 45.8 Å². The van der Waals surface area contributed by atoms with Gasteiger partial charge in [-0.15, -0.1) is 0 Å². The SMILES string of the molecule is CC[C@@H](NC(=O)C(C)(C)OC)c1ncccc1C. The Morgan fingerprint density at radius 1 is 1.56 bits per heavy atom. The molecule has 0 spiro atoms. The number of carbonyl (C=O) groups excluding carboxylic acids is 1. The molecule has 1 amide bonds. The lowest BCUT2D eigenvalue weighted by atomic mass is 10.0. The molecule has 0 saturated carbocycles. The number of hydrogen-bond donors (Lipinski definition) is 1. The van der Waals surface area contributed by atoms with E-state index >= 15 is 0 Å². The van der Waals surface area contributed by atoms with Gasteiger partial charge < -0.3 is 10.1 Å². The number of carbonyl (C=O) groups is 1. The van der Waals surface area contributed by atoms with Gasteiger partial charge in [0.05, 0.1) is 11.7 Å². The van der Waals surface area contributed by atoms with E-state index in [1.165, 1.54) is 7.11 Å². The van der Waals surface area contributed by atoms with Crippen LogP contribution in [-0.2, 0) is 9.53 Å². The van der Waals surface area contributed by atoms with Gasteiger partial charge in [-0.1, -0.05) is 13.0 Å². The molecular formula is C14H22N2O2. The summed E-state index contributed by atoms with van der Waals surface area (Å²) in [5, 5.41) is 2.99. The van der Waals surface area contributed by atoms with Gasteiger partial charge in [0.25, 0.3) is 5.91 Å². The minimum atomic E-state index is -0.823. The van der Waals surface area contributed by atoms with E-state index in [0.717, 1.165) is 17.7 Å². The summed E-state index contributed by atoms with van der Waals surface area (Å²) in [5.41, 5.74) is 1.18. The minimum absolute atomic E-state index is 0.0758. The van der Waals surface area contributed by atoms with Crippen LogP contribution in [-0.4, -0.2) is 23.6 Å². The number of rotatable bonds is 5. The number of hydrogen-bond acceptors (Lipinski definition) is 3. The summed E-state index contributed by atoms with van der Waals surface area (Å²) in [5.74, 6) is -0.123. The van der Waals surface area contributed by atoms with Gasteiger partial charge >= 0.3 is 0 Å². The van der Waals surface area contributed by atoms with Crippen molar-refractivity contribution in [3.05, 3.63) is 29.6 Å². The van der Waals surface area contributed by atoms with Gasteiger partial charge in [0.1, 0.15) is 5.60 Å². The first-order valence-corrected chi connectivity index (χ1v) is 6.20. The summed E-state index contributed by atoms with van der Waals surface area (Å²) in [7, 11) is 1.53. The van der Waals surface area contributed by atoms with E-state index in [1.54, 1.807) is 20.0 Å². The van der Waals surface area contributed by atoms with Crippen molar-refractivity contribution in [3.8, 4) is 0 Å². The summed E-state index contributed by atoms with van der Waals surface area (Å²) in [6.45, 7) is 7.53. The second-order valence-corrected chi connectivity index (χ2v) is 4.85. The van der Waals surface area contributed by atoms with Crippen LogP contribution < -0.4 is 5.32 Å². The molecule has 18 heavy (non-hydrogen) atoms. The Morgan fingerprint density at radius 3 is 2.72 bits per heavy atom. The lowest BCUT2D eigenvalue weighted by Gasteiger charge is -2.26. The number of nitrogens with one attached hydrogen (secondary N) is 1. The predicted molar refractivity (Wildman–Crippen MR) is 71.2 cm³/mol. The molecule has 0 aliphatic carbocycles. The van der Waals surface area contributed by atoms with Gasteiger partial charge in [0.2, 0.25) is 0 Å². The fraction of sp³-hybridized carbons (Fsp3) is 0.571. The van der Waals surface area contributed by atoms with Crippen molar-refractivity contribution in [2.24, 2.45) is 0 Å². The topological polar surface area (TPSA) is 51.2 Å². The van der Waals surface area contributed by atoms with Crippen LogP contribution in [0.2, 0.25) is 0 Å². The number of amides is 1. The molecule has 0 fully saturated rings. The Labute approximate surface area is 109 Å². The maximum absolute atomic E-state index is 12.1. The van der Waals surface area contributed by atoms with Crippen molar-refractivity contribution in [1.29, 1.82) is 0 Å². The third-order valence-electron chi connectivity index (χ3n) is 3.15. The van der Waals surface area contributed by atoms with Crippen molar-refractivity contribution < 1.29 is 9.53 Å². The first-order chi connectivity index (χ1) is 8.42. The van der Waals surface area contributed by atoms with Gasteiger partial charge in [0, 0.05) is 13.3 Å². The predicted octanol–water partition coefficient (Wildman–Crippen LogP) is 2.38. The van der Waals surface area contributed by atoms with Crippen LogP contribution in [0.3, 0.4) is 0 Å². The van der Waals surface area contributed by atoms with Crippen molar-refractivity contribution >= 4 is 5.91 Å². The van der Waals surface area contributed by atoms with Crippen LogP contribution in [0, 0.1) is 6.92 Å². The second-order valence-electron chi connectivity index (χ2n) is 4.85. The Morgan fingerprint density at radius 2 is 2.22 bits per heavy atom. The maximum atomic E-state index is 12.1. The largest absolute Gasteiger partial charge is 0.369 e. The van der Waals surface area contributed by atoms with E-state index in [9.17, 15) is 4.79 Å². The third kappa shape index (κ3) is 3.29. The summed E-state index contributed by atoms with van der Waals surface area (Å²) >= 11 is 0. The highest BCUT2D eigenvalue weighted by Gasteiger charge is 2.29. The number of aryl methyl sites for hydroxylation is 1. The summed E-state index contributed by atoms with van der Waals surface area (Å²) in [6, 6.07) is 3.82. The smallest absolute Gasteiger partial charge is 0.252 e. The Balaban J connectivity index is 2.87. The van der Waals surface area contributed by atoms with Crippen LogP contribution in [0.25, 0.3) is 0 Å². The molecule has 1 aromatic rings. The van der Waals surface area contributed by atoms with E-state index in [4.69, 9.17) is 4.74 Å². The molecule has 0 bridgehead atoms. The van der Waals surface area contributed by atoms with E-state index in [1.807, 2.05) is 26.0 Å². The zero-order valence-electron chi connectivity index (χ0n) is 11.8. The molecule has 1 atom stereocenters. The van der Waals surface area contributed by atoms with E-state index in [-0.39, 0.29) is 11.9 Å². The summed E-state index contributed by atoms with van der Waals surface area (Å²) in [6.07, 6.45) is 2.54. The number of aromatic nitrogens is 1. The average Bonchev–Trinajstić information content (AvgIpc) is 2.36. The highest BCUT2D eigenvalue weighted by molar-refractivity contribution is 5.84. The highest BCUT2D eigenvalue weighted by Crippen LogP contribution is 2.19. The molecule has 0 aliphatic rings. The van der Waals surface area contributed by atoms with Crippen LogP contribution in [0.15, 0.2) is 18.3 Å². The second kappa shape index (κ2) is 5.96. The van der Waals surface area contributed by atoms with Crippen molar-refractivity contribution in [1.82, 2.24) is 10.3 Å². The Hall–Kier alpha value is -1.42. The Kier molecular flexibility index (Phi) is 4.84.